The Hall–Kier alpha value is -2.12. The van der Waals surface area contributed by atoms with Crippen LogP contribution in [0.5, 0.6) is 0 Å². The Morgan fingerprint density at radius 2 is 1.81 bits per heavy atom. The van der Waals surface area contributed by atoms with Crippen molar-refractivity contribution in [2.24, 2.45) is 4.99 Å². The molecule has 3 rings (SSSR count). The average Bonchev–Trinajstić information content (AvgIpc) is 2.81. The van der Waals surface area contributed by atoms with E-state index in [0.717, 1.165) is 56.5 Å². The lowest BCUT2D eigenvalue weighted by Crippen LogP contribution is -2.60. The number of hydrogen-bond donors (Lipinski definition) is 3. The van der Waals surface area contributed by atoms with E-state index in [1.165, 1.54) is 32.1 Å². The number of nitrogens with one attached hydrogen (secondary N) is 3. The van der Waals surface area contributed by atoms with Gasteiger partial charge in [-0.15, -0.1) is 0 Å². The molecule has 0 spiro atoms. The zero-order chi connectivity index (χ0) is 21.9. The van der Waals surface area contributed by atoms with Gasteiger partial charge in [0.05, 0.1) is 13.2 Å². The molecule has 0 atom stereocenters. The molecule has 7 heteroatoms. The van der Waals surface area contributed by atoms with Gasteiger partial charge < -0.3 is 20.7 Å². The molecule has 172 valence electrons. The molecule has 2 aliphatic rings. The summed E-state index contributed by atoms with van der Waals surface area (Å²) < 4.78 is 5.59. The number of nitrogens with zero attached hydrogens (tertiary/aromatic N) is 2. The predicted molar refractivity (Wildman–Crippen MR) is 126 cm³/mol. The van der Waals surface area contributed by atoms with Gasteiger partial charge in [0.2, 0.25) is 5.91 Å². The molecular weight excluding hydrogens is 390 g/mol. The van der Waals surface area contributed by atoms with E-state index in [1.54, 1.807) is 0 Å². The molecule has 1 aliphatic heterocycles. The first kappa shape index (κ1) is 23.5. The van der Waals surface area contributed by atoms with E-state index in [4.69, 9.17) is 4.74 Å². The number of rotatable bonds is 8. The number of hydrogen-bond acceptors (Lipinski definition) is 4. The van der Waals surface area contributed by atoms with E-state index >= 15 is 0 Å². The molecule has 1 saturated heterocycles. The molecular formula is C24H39N5O2. The first-order chi connectivity index (χ1) is 15.1. The van der Waals surface area contributed by atoms with E-state index in [9.17, 15) is 4.79 Å². The zero-order valence-electron chi connectivity index (χ0n) is 19.2. The highest BCUT2D eigenvalue weighted by atomic mass is 16.5. The number of carbonyl (C=O) groups is 1. The summed E-state index contributed by atoms with van der Waals surface area (Å²) >= 11 is 0. The summed E-state index contributed by atoms with van der Waals surface area (Å²) in [4.78, 5) is 18.8. The highest BCUT2D eigenvalue weighted by Crippen LogP contribution is 2.33. The molecule has 0 radical (unpaired) electrons. The summed E-state index contributed by atoms with van der Waals surface area (Å²) in [5.74, 6) is 0.897. The summed E-state index contributed by atoms with van der Waals surface area (Å²) in [7, 11) is 1.82. The minimum absolute atomic E-state index is 0.0647. The molecule has 0 aromatic heterocycles. The van der Waals surface area contributed by atoms with Crippen LogP contribution in [0.1, 0.15) is 57.4 Å². The van der Waals surface area contributed by atoms with Crippen molar-refractivity contribution in [3.63, 3.8) is 0 Å². The van der Waals surface area contributed by atoms with Crippen LogP contribution in [0, 0.1) is 0 Å². The van der Waals surface area contributed by atoms with E-state index < -0.39 is 0 Å². The van der Waals surface area contributed by atoms with Gasteiger partial charge in [-0.1, -0.05) is 38.3 Å². The van der Waals surface area contributed by atoms with E-state index in [-0.39, 0.29) is 11.4 Å². The monoisotopic (exact) mass is 429 g/mol. The molecule has 7 nitrogen and oxygen atoms in total. The molecule has 2 fully saturated rings. The average molecular weight is 430 g/mol. The van der Waals surface area contributed by atoms with Crippen molar-refractivity contribution < 1.29 is 9.53 Å². The number of benzene rings is 1. The molecule has 31 heavy (non-hydrogen) atoms. The maximum atomic E-state index is 11.7. The lowest BCUT2D eigenvalue weighted by molar-refractivity contribution is -0.116. The van der Waals surface area contributed by atoms with Crippen LogP contribution in [-0.2, 0) is 16.1 Å². The molecule has 1 aromatic carbocycles. The van der Waals surface area contributed by atoms with Crippen LogP contribution in [0.25, 0.3) is 0 Å². The summed E-state index contributed by atoms with van der Waals surface area (Å²) in [5, 5.41) is 9.96. The van der Waals surface area contributed by atoms with Crippen LogP contribution < -0.4 is 16.0 Å². The van der Waals surface area contributed by atoms with Crippen molar-refractivity contribution in [2.45, 2.75) is 64.0 Å². The second kappa shape index (κ2) is 12.1. The summed E-state index contributed by atoms with van der Waals surface area (Å²) in [5.41, 5.74) is 2.20. The summed E-state index contributed by atoms with van der Waals surface area (Å²) in [6, 6.07) is 7.99. The van der Waals surface area contributed by atoms with E-state index in [2.05, 4.69) is 25.8 Å². The first-order valence-electron chi connectivity index (χ1n) is 11.8. The molecule has 3 N–H and O–H groups in total. The number of ether oxygens (including phenoxy) is 1. The minimum atomic E-state index is 0.0647. The number of anilines is 1. The van der Waals surface area contributed by atoms with Gasteiger partial charge in [-0.25, -0.2) is 0 Å². The van der Waals surface area contributed by atoms with Crippen LogP contribution >= 0.6 is 0 Å². The summed E-state index contributed by atoms with van der Waals surface area (Å²) in [6.07, 6.45) is 7.82. The molecule has 1 heterocycles. The standard InChI is InChI=1S/C24H39N5O2/c1-3-7-22(30)28-21-10-8-20(9-11-21)18-26-23(25-2)27-19-24(12-5-4-6-13-24)29-14-16-31-17-15-29/h8-11H,3-7,12-19H2,1-2H3,(H,28,30)(H2,25,26,27). The van der Waals surface area contributed by atoms with Crippen LogP contribution in [-0.4, -0.2) is 62.2 Å². The second-order valence-corrected chi connectivity index (χ2v) is 8.66. The van der Waals surface area contributed by atoms with Gasteiger partial charge in [0.1, 0.15) is 0 Å². The third kappa shape index (κ3) is 6.94. The molecule has 0 unspecified atom stereocenters. The number of guanidine groups is 1. The Bertz CT molecular complexity index is 707. The van der Waals surface area contributed by atoms with Gasteiger partial charge in [0.15, 0.2) is 5.96 Å². The highest BCUT2D eigenvalue weighted by Gasteiger charge is 2.38. The molecule has 1 aliphatic carbocycles. The first-order valence-corrected chi connectivity index (χ1v) is 11.8. The number of amides is 1. The van der Waals surface area contributed by atoms with E-state index in [0.29, 0.717) is 13.0 Å². The topological polar surface area (TPSA) is 78.0 Å². The lowest BCUT2D eigenvalue weighted by Gasteiger charge is -2.48. The molecule has 0 bridgehead atoms. The Morgan fingerprint density at radius 1 is 1.10 bits per heavy atom. The van der Waals surface area contributed by atoms with Gasteiger partial charge in [-0.05, 0) is 37.0 Å². The Labute approximate surface area is 187 Å². The maximum absolute atomic E-state index is 11.7. The molecule has 1 saturated carbocycles. The predicted octanol–water partition coefficient (Wildman–Crippen LogP) is 3.13. The second-order valence-electron chi connectivity index (χ2n) is 8.66. The number of carbonyl (C=O) groups excluding carboxylic acids is 1. The smallest absolute Gasteiger partial charge is 0.224 e. The van der Waals surface area contributed by atoms with Crippen LogP contribution in [0.4, 0.5) is 5.69 Å². The minimum Gasteiger partial charge on any atom is -0.379 e. The normalized spacial score (nSPS) is 19.6. The van der Waals surface area contributed by atoms with Gasteiger partial charge >= 0.3 is 0 Å². The van der Waals surface area contributed by atoms with Crippen molar-refractivity contribution in [1.29, 1.82) is 0 Å². The third-order valence-electron chi connectivity index (χ3n) is 6.45. The maximum Gasteiger partial charge on any atom is 0.224 e. The summed E-state index contributed by atoms with van der Waals surface area (Å²) in [6.45, 7) is 7.33. The van der Waals surface area contributed by atoms with Crippen molar-refractivity contribution in [2.75, 3.05) is 45.2 Å². The highest BCUT2D eigenvalue weighted by molar-refractivity contribution is 5.90. The van der Waals surface area contributed by atoms with Gasteiger partial charge in [0.25, 0.3) is 0 Å². The van der Waals surface area contributed by atoms with Crippen LogP contribution in [0.15, 0.2) is 29.3 Å². The van der Waals surface area contributed by atoms with E-state index in [1.807, 2.05) is 38.2 Å². The Kier molecular flexibility index (Phi) is 9.15. The third-order valence-corrected chi connectivity index (χ3v) is 6.45. The van der Waals surface area contributed by atoms with Crippen LogP contribution in [0.3, 0.4) is 0 Å². The zero-order valence-corrected chi connectivity index (χ0v) is 19.2. The van der Waals surface area contributed by atoms with Crippen molar-refractivity contribution in [3.8, 4) is 0 Å². The van der Waals surface area contributed by atoms with Gasteiger partial charge in [-0.2, -0.15) is 0 Å². The SMILES string of the molecule is CCCC(=O)Nc1ccc(CNC(=NC)NCC2(N3CCOCC3)CCCCC2)cc1. The van der Waals surface area contributed by atoms with Crippen LogP contribution in [0.2, 0.25) is 0 Å². The largest absolute Gasteiger partial charge is 0.379 e. The lowest BCUT2D eigenvalue weighted by atomic mass is 9.80. The molecule has 1 amide bonds. The Balaban J connectivity index is 1.51. The molecule has 1 aromatic rings. The van der Waals surface area contributed by atoms with Gasteiger partial charge in [0, 0.05) is 50.9 Å². The Morgan fingerprint density at radius 3 is 2.45 bits per heavy atom. The van der Waals surface area contributed by atoms with Crippen molar-refractivity contribution >= 4 is 17.6 Å². The van der Waals surface area contributed by atoms with Crippen molar-refractivity contribution in [3.05, 3.63) is 29.8 Å². The number of morpholine rings is 1. The fourth-order valence-electron chi connectivity index (χ4n) is 4.66. The number of aliphatic imine (C=N–C) groups is 1. The van der Waals surface area contributed by atoms with Gasteiger partial charge in [-0.3, -0.25) is 14.7 Å². The fraction of sp³-hybridized carbons (Fsp3) is 0.667. The fourth-order valence-corrected chi connectivity index (χ4v) is 4.66. The van der Waals surface area contributed by atoms with Crippen molar-refractivity contribution in [1.82, 2.24) is 15.5 Å². The quantitative estimate of drug-likeness (QED) is 0.437.